The lowest BCUT2D eigenvalue weighted by Crippen LogP contribution is -2.47. The van der Waals surface area contributed by atoms with Gasteiger partial charge in [-0.15, -0.1) is 0 Å². The number of hydrogen-bond acceptors (Lipinski definition) is 6. The van der Waals surface area contributed by atoms with Gasteiger partial charge >= 0.3 is 0 Å². The maximum absolute atomic E-state index is 10.1. The van der Waals surface area contributed by atoms with E-state index < -0.39 is 24.4 Å². The van der Waals surface area contributed by atoms with Crippen molar-refractivity contribution in [1.82, 2.24) is 0 Å². The van der Waals surface area contributed by atoms with Crippen molar-refractivity contribution in [3.8, 4) is 0 Å². The van der Waals surface area contributed by atoms with Crippen LogP contribution in [0.1, 0.15) is 47.6 Å². The molecular formula is C24H28ClNO5. The molecule has 1 saturated heterocycles. The van der Waals surface area contributed by atoms with Gasteiger partial charge in [-0.25, -0.2) is 0 Å². The quantitative estimate of drug-likeness (QED) is 0.450. The Morgan fingerprint density at radius 1 is 1.19 bits per heavy atom. The highest BCUT2D eigenvalue weighted by Crippen LogP contribution is 2.46. The number of oxime groups is 1. The van der Waals surface area contributed by atoms with E-state index in [1.165, 1.54) is 5.56 Å². The summed E-state index contributed by atoms with van der Waals surface area (Å²) in [5, 5.41) is 34.1. The number of halogens is 1. The van der Waals surface area contributed by atoms with E-state index >= 15 is 0 Å². The highest BCUT2D eigenvalue weighted by molar-refractivity contribution is 6.31. The fourth-order valence-electron chi connectivity index (χ4n) is 4.20. The van der Waals surface area contributed by atoms with Crippen LogP contribution in [0.25, 0.3) is 0 Å². The molecule has 31 heavy (non-hydrogen) atoms. The average molecular weight is 446 g/mol. The maximum Gasteiger partial charge on any atom is 0.110 e. The highest BCUT2D eigenvalue weighted by atomic mass is 35.5. The molecule has 2 aromatic carbocycles. The molecule has 4 atom stereocenters. The fourth-order valence-corrected chi connectivity index (χ4v) is 4.39. The van der Waals surface area contributed by atoms with Gasteiger partial charge in [0.25, 0.3) is 0 Å². The number of nitrogens with zero attached hydrogens (tertiary/aromatic N) is 1. The van der Waals surface area contributed by atoms with Crippen molar-refractivity contribution < 1.29 is 24.9 Å². The van der Waals surface area contributed by atoms with Gasteiger partial charge in [0.15, 0.2) is 0 Å². The summed E-state index contributed by atoms with van der Waals surface area (Å²) in [4.78, 5) is 4.84. The fraction of sp³-hybridized carbons (Fsp3) is 0.458. The van der Waals surface area contributed by atoms with Gasteiger partial charge in [-0.1, -0.05) is 53.2 Å². The molecule has 0 radical (unpaired) electrons. The molecule has 1 aliphatic heterocycles. The van der Waals surface area contributed by atoms with Crippen LogP contribution in [0.2, 0.25) is 5.02 Å². The van der Waals surface area contributed by atoms with E-state index in [0.717, 1.165) is 29.5 Å². The maximum atomic E-state index is 10.1. The van der Waals surface area contributed by atoms with E-state index in [2.05, 4.69) is 29.4 Å². The van der Waals surface area contributed by atoms with Crippen molar-refractivity contribution in [1.29, 1.82) is 0 Å². The van der Waals surface area contributed by atoms with Gasteiger partial charge in [0.1, 0.15) is 19.3 Å². The number of hydrogen-bond donors (Lipinski definition) is 3. The summed E-state index contributed by atoms with van der Waals surface area (Å²) in [6, 6.07) is 14.2. The van der Waals surface area contributed by atoms with Gasteiger partial charge in [0.05, 0.1) is 25.0 Å². The first-order valence-electron chi connectivity index (χ1n) is 10.5. The summed E-state index contributed by atoms with van der Waals surface area (Å²) in [7, 11) is 1.55. The topological polar surface area (TPSA) is 91.5 Å². The molecule has 1 aliphatic carbocycles. The molecule has 6 nitrogen and oxygen atoms in total. The molecule has 0 spiro atoms. The molecule has 4 rings (SSSR count). The lowest BCUT2D eigenvalue weighted by molar-refractivity contribution is -0.181. The first-order chi connectivity index (χ1) is 15.0. The van der Waals surface area contributed by atoms with Crippen LogP contribution in [0.4, 0.5) is 0 Å². The Morgan fingerprint density at radius 3 is 2.58 bits per heavy atom. The van der Waals surface area contributed by atoms with E-state index in [1.54, 1.807) is 7.11 Å². The van der Waals surface area contributed by atoms with Gasteiger partial charge in [-0.05, 0) is 47.6 Å². The molecule has 0 aromatic heterocycles. The Hall–Kier alpha value is -1.96. The van der Waals surface area contributed by atoms with Crippen LogP contribution in [0.3, 0.4) is 0 Å². The van der Waals surface area contributed by atoms with E-state index in [9.17, 15) is 15.3 Å². The molecule has 2 aliphatic rings. The van der Waals surface area contributed by atoms with Crippen LogP contribution in [0, 0.1) is 0 Å². The van der Waals surface area contributed by atoms with Crippen molar-refractivity contribution in [3.05, 3.63) is 69.7 Å². The van der Waals surface area contributed by atoms with Crippen LogP contribution in [-0.4, -0.2) is 53.6 Å². The zero-order chi connectivity index (χ0) is 22.0. The molecule has 2 unspecified atom stereocenters. The molecular weight excluding hydrogens is 418 g/mol. The van der Waals surface area contributed by atoms with E-state index in [0.29, 0.717) is 11.4 Å². The summed E-state index contributed by atoms with van der Waals surface area (Å²) < 4.78 is 5.82. The predicted molar refractivity (Wildman–Crippen MR) is 118 cm³/mol. The third kappa shape index (κ3) is 4.78. The highest BCUT2D eigenvalue weighted by Gasteiger charge is 2.43. The summed E-state index contributed by atoms with van der Waals surface area (Å²) in [5.74, 6) is 0. The molecule has 3 N–H and O–H groups in total. The Bertz CT molecular complexity index is 928. The van der Waals surface area contributed by atoms with Gasteiger partial charge in [0.2, 0.25) is 0 Å². The molecule has 2 fully saturated rings. The summed E-state index contributed by atoms with van der Waals surface area (Å²) in [6.45, 7) is -0.349. The van der Waals surface area contributed by atoms with E-state index in [4.69, 9.17) is 21.2 Å². The summed E-state index contributed by atoms with van der Waals surface area (Å²) >= 11 is 6.46. The normalized spacial score (nSPS) is 27.4. The molecule has 0 amide bonds. The monoisotopic (exact) mass is 445 g/mol. The Balaban J connectivity index is 1.50. The number of aliphatic hydroxyl groups excluding tert-OH is 3. The molecule has 1 saturated carbocycles. The molecule has 0 bridgehead atoms. The van der Waals surface area contributed by atoms with Crippen LogP contribution in [0.5, 0.6) is 0 Å². The van der Waals surface area contributed by atoms with Gasteiger partial charge in [0, 0.05) is 16.9 Å². The first kappa shape index (κ1) is 22.2. The second-order valence-corrected chi connectivity index (χ2v) is 8.84. The molecule has 166 valence electrons. The number of ether oxygens (including phenoxy) is 1. The second-order valence-electron chi connectivity index (χ2n) is 8.44. The summed E-state index contributed by atoms with van der Waals surface area (Å²) in [5.41, 5.74) is 4.19. The van der Waals surface area contributed by atoms with Gasteiger partial charge in [-0.2, -0.15) is 0 Å². The van der Waals surface area contributed by atoms with Crippen molar-refractivity contribution >= 4 is 17.8 Å². The standard InChI is InChI=1S/C24H28ClNO5/c1-30-26-14-24(8-9-24)18-5-2-15(3-6-18)10-17-11-16(4-7-19(17)25)21-12-20(28)23(29)22(13-27)31-21/h2-7,11,14,20-23,27-29H,8-10,12-13H2,1H3/b26-14-/t20?,21-,22?,23+/m1/s1. The summed E-state index contributed by atoms with van der Waals surface area (Å²) in [6.07, 6.45) is 1.70. The van der Waals surface area contributed by atoms with Crippen molar-refractivity contribution in [2.24, 2.45) is 5.16 Å². The van der Waals surface area contributed by atoms with Gasteiger partial charge < -0.3 is 24.9 Å². The number of benzene rings is 2. The first-order valence-corrected chi connectivity index (χ1v) is 10.9. The lowest BCUT2D eigenvalue weighted by Gasteiger charge is -2.36. The Labute approximate surface area is 187 Å². The minimum Gasteiger partial charge on any atom is -0.399 e. The molecule has 1 heterocycles. The third-order valence-corrected chi connectivity index (χ3v) is 6.68. The van der Waals surface area contributed by atoms with Crippen LogP contribution >= 0.6 is 11.6 Å². The van der Waals surface area contributed by atoms with Gasteiger partial charge in [-0.3, -0.25) is 0 Å². The van der Waals surface area contributed by atoms with Crippen molar-refractivity contribution in [2.75, 3.05) is 13.7 Å². The zero-order valence-electron chi connectivity index (χ0n) is 17.4. The number of aliphatic hydroxyl groups is 3. The second kappa shape index (κ2) is 9.27. The van der Waals surface area contributed by atoms with Crippen LogP contribution < -0.4 is 0 Å². The minimum absolute atomic E-state index is 0.000922. The molecule has 7 heteroatoms. The third-order valence-electron chi connectivity index (χ3n) is 6.31. The minimum atomic E-state index is -1.09. The van der Waals surface area contributed by atoms with E-state index in [1.807, 2.05) is 24.4 Å². The Morgan fingerprint density at radius 2 is 1.94 bits per heavy atom. The van der Waals surface area contributed by atoms with Crippen molar-refractivity contribution in [3.63, 3.8) is 0 Å². The number of rotatable bonds is 7. The SMILES string of the molecule is CO/N=C\C1(c2ccc(Cc3cc([C@H]4CC(O)[C@H](O)C(CO)O4)ccc3Cl)cc2)CC1. The smallest absolute Gasteiger partial charge is 0.110 e. The van der Waals surface area contributed by atoms with Crippen molar-refractivity contribution in [2.45, 2.75) is 55.5 Å². The largest absolute Gasteiger partial charge is 0.399 e. The predicted octanol–water partition coefficient (Wildman–Crippen LogP) is 3.14. The van der Waals surface area contributed by atoms with Crippen LogP contribution in [-0.2, 0) is 21.4 Å². The van der Waals surface area contributed by atoms with E-state index in [-0.39, 0.29) is 18.4 Å². The lowest BCUT2D eigenvalue weighted by atomic mass is 9.92. The Kier molecular flexibility index (Phi) is 6.65. The molecule has 2 aromatic rings. The van der Waals surface area contributed by atoms with Crippen LogP contribution in [0.15, 0.2) is 47.6 Å². The average Bonchev–Trinajstić information content (AvgIpc) is 3.57. The zero-order valence-corrected chi connectivity index (χ0v) is 18.2.